The lowest BCUT2D eigenvalue weighted by Crippen LogP contribution is -2.25. The number of thioether (sulfide) groups is 1. The highest BCUT2D eigenvalue weighted by Gasteiger charge is 2.15. The summed E-state index contributed by atoms with van der Waals surface area (Å²) in [4.78, 5) is 24.0. The van der Waals surface area contributed by atoms with Crippen LogP contribution in [0.25, 0.3) is 0 Å². The summed E-state index contributed by atoms with van der Waals surface area (Å²) in [5.74, 6) is 0.0135. The standard InChI is InChI=1S/C18H20N2O2S/c1-13-8-10-16(11-9-13)19-17(21)12-23-14(2)18(22)20-15-6-4-3-5-7-15/h3-11,14H,12H2,1-2H3,(H,19,21)(H,20,22). The smallest absolute Gasteiger partial charge is 0.237 e. The molecule has 2 aromatic carbocycles. The topological polar surface area (TPSA) is 58.2 Å². The molecule has 0 spiro atoms. The van der Waals surface area contributed by atoms with E-state index in [-0.39, 0.29) is 22.8 Å². The maximum absolute atomic E-state index is 12.1. The number of nitrogens with one attached hydrogen (secondary N) is 2. The van der Waals surface area contributed by atoms with Crippen molar-refractivity contribution in [3.05, 3.63) is 60.2 Å². The van der Waals surface area contributed by atoms with Gasteiger partial charge in [0.25, 0.3) is 0 Å². The Hall–Kier alpha value is -2.27. The molecule has 0 saturated heterocycles. The van der Waals surface area contributed by atoms with E-state index >= 15 is 0 Å². The van der Waals surface area contributed by atoms with Crippen molar-refractivity contribution in [1.29, 1.82) is 0 Å². The summed E-state index contributed by atoms with van der Waals surface area (Å²) in [5.41, 5.74) is 2.67. The molecule has 0 aliphatic rings. The van der Waals surface area contributed by atoms with Crippen LogP contribution in [0.5, 0.6) is 0 Å². The molecule has 23 heavy (non-hydrogen) atoms. The molecule has 2 aromatic rings. The Bertz CT molecular complexity index is 656. The van der Waals surface area contributed by atoms with Crippen LogP contribution in [0.4, 0.5) is 11.4 Å². The largest absolute Gasteiger partial charge is 0.325 e. The molecule has 1 atom stereocenters. The van der Waals surface area contributed by atoms with Crippen LogP contribution in [0.2, 0.25) is 0 Å². The van der Waals surface area contributed by atoms with Crippen LogP contribution < -0.4 is 10.6 Å². The van der Waals surface area contributed by atoms with Crippen molar-refractivity contribution in [3.8, 4) is 0 Å². The van der Waals surface area contributed by atoms with Gasteiger partial charge in [-0.25, -0.2) is 0 Å². The summed E-state index contributed by atoms with van der Waals surface area (Å²) in [6.07, 6.45) is 0. The minimum Gasteiger partial charge on any atom is -0.325 e. The van der Waals surface area contributed by atoms with E-state index in [9.17, 15) is 9.59 Å². The fourth-order valence-electron chi connectivity index (χ4n) is 1.88. The lowest BCUT2D eigenvalue weighted by molar-refractivity contribution is -0.115. The van der Waals surface area contributed by atoms with Crippen LogP contribution in [-0.4, -0.2) is 22.8 Å². The molecule has 2 amide bonds. The summed E-state index contributed by atoms with van der Waals surface area (Å²) >= 11 is 1.31. The predicted molar refractivity (Wildman–Crippen MR) is 96.8 cm³/mol. The minimum atomic E-state index is -0.307. The molecule has 4 nitrogen and oxygen atoms in total. The normalized spacial score (nSPS) is 11.6. The molecule has 0 bridgehead atoms. The number of carbonyl (C=O) groups is 2. The van der Waals surface area contributed by atoms with Crippen molar-refractivity contribution in [2.45, 2.75) is 19.1 Å². The first-order chi connectivity index (χ1) is 11.0. The van der Waals surface area contributed by atoms with E-state index in [4.69, 9.17) is 0 Å². The van der Waals surface area contributed by atoms with E-state index in [1.54, 1.807) is 6.92 Å². The number of aryl methyl sites for hydroxylation is 1. The van der Waals surface area contributed by atoms with Gasteiger partial charge in [-0.15, -0.1) is 11.8 Å². The average molecular weight is 328 g/mol. The Morgan fingerprint density at radius 1 is 0.957 bits per heavy atom. The van der Waals surface area contributed by atoms with Gasteiger partial charge in [-0.1, -0.05) is 35.9 Å². The van der Waals surface area contributed by atoms with Crippen molar-refractivity contribution in [3.63, 3.8) is 0 Å². The fourth-order valence-corrected chi connectivity index (χ4v) is 2.56. The van der Waals surface area contributed by atoms with Crippen molar-refractivity contribution < 1.29 is 9.59 Å². The van der Waals surface area contributed by atoms with Crippen LogP contribution in [0, 0.1) is 6.92 Å². The van der Waals surface area contributed by atoms with E-state index in [1.807, 2.05) is 61.5 Å². The monoisotopic (exact) mass is 328 g/mol. The Morgan fingerprint density at radius 3 is 2.22 bits per heavy atom. The predicted octanol–water partition coefficient (Wildman–Crippen LogP) is 3.69. The first kappa shape index (κ1) is 17.1. The summed E-state index contributed by atoms with van der Waals surface area (Å²) in [5, 5.41) is 5.34. The Balaban J connectivity index is 1.76. The van der Waals surface area contributed by atoms with Gasteiger partial charge in [0.1, 0.15) is 0 Å². The summed E-state index contributed by atoms with van der Waals surface area (Å²) in [7, 11) is 0. The molecule has 0 radical (unpaired) electrons. The second-order valence-electron chi connectivity index (χ2n) is 5.22. The highest BCUT2D eigenvalue weighted by atomic mass is 32.2. The maximum Gasteiger partial charge on any atom is 0.237 e. The number of amides is 2. The third-order valence-electron chi connectivity index (χ3n) is 3.21. The number of carbonyl (C=O) groups excluding carboxylic acids is 2. The molecule has 0 aliphatic carbocycles. The van der Waals surface area contributed by atoms with Gasteiger partial charge in [0.15, 0.2) is 0 Å². The van der Waals surface area contributed by atoms with Crippen molar-refractivity contribution in [2.24, 2.45) is 0 Å². The molecule has 1 unspecified atom stereocenters. The first-order valence-electron chi connectivity index (χ1n) is 7.38. The van der Waals surface area contributed by atoms with Crippen LogP contribution in [0.1, 0.15) is 12.5 Å². The maximum atomic E-state index is 12.1. The summed E-state index contributed by atoms with van der Waals surface area (Å²) in [6, 6.07) is 16.9. The Labute approximate surface area is 140 Å². The molecule has 2 rings (SSSR count). The molecule has 2 N–H and O–H groups in total. The van der Waals surface area contributed by atoms with Gasteiger partial charge < -0.3 is 10.6 Å². The van der Waals surface area contributed by atoms with Crippen molar-refractivity contribution >= 4 is 35.0 Å². The zero-order valence-electron chi connectivity index (χ0n) is 13.2. The molecule has 0 aliphatic heterocycles. The number of hydrogen-bond donors (Lipinski definition) is 2. The minimum absolute atomic E-state index is 0.107. The third kappa shape index (κ3) is 5.79. The average Bonchev–Trinajstić information content (AvgIpc) is 2.55. The SMILES string of the molecule is Cc1ccc(NC(=O)CSC(C)C(=O)Nc2ccccc2)cc1. The molecule has 5 heteroatoms. The lowest BCUT2D eigenvalue weighted by Gasteiger charge is -2.12. The van der Waals surface area contributed by atoms with Crippen LogP contribution >= 0.6 is 11.8 Å². The first-order valence-corrected chi connectivity index (χ1v) is 8.43. The van der Waals surface area contributed by atoms with Gasteiger partial charge in [0, 0.05) is 11.4 Å². The van der Waals surface area contributed by atoms with Gasteiger partial charge >= 0.3 is 0 Å². The number of anilines is 2. The van der Waals surface area contributed by atoms with Crippen LogP contribution in [0.3, 0.4) is 0 Å². The zero-order chi connectivity index (χ0) is 16.7. The second kappa shape index (κ2) is 8.39. The second-order valence-corrected chi connectivity index (χ2v) is 6.55. The van der Waals surface area contributed by atoms with E-state index in [1.165, 1.54) is 11.8 Å². The van der Waals surface area contributed by atoms with Gasteiger partial charge in [-0.2, -0.15) is 0 Å². The molecule has 0 heterocycles. The van der Waals surface area contributed by atoms with Crippen molar-refractivity contribution in [1.82, 2.24) is 0 Å². The zero-order valence-corrected chi connectivity index (χ0v) is 14.0. The van der Waals surface area contributed by atoms with Crippen LogP contribution in [0.15, 0.2) is 54.6 Å². The number of rotatable bonds is 6. The molecule has 120 valence electrons. The highest BCUT2D eigenvalue weighted by Crippen LogP contribution is 2.15. The van der Waals surface area contributed by atoms with E-state index < -0.39 is 0 Å². The fraction of sp³-hybridized carbons (Fsp3) is 0.222. The quantitative estimate of drug-likeness (QED) is 0.850. The summed E-state index contributed by atoms with van der Waals surface area (Å²) in [6.45, 7) is 3.79. The number of para-hydroxylation sites is 1. The van der Waals surface area contributed by atoms with E-state index in [0.717, 1.165) is 16.9 Å². The van der Waals surface area contributed by atoms with E-state index in [2.05, 4.69) is 10.6 Å². The molecule has 0 saturated carbocycles. The van der Waals surface area contributed by atoms with Gasteiger partial charge in [0.05, 0.1) is 11.0 Å². The van der Waals surface area contributed by atoms with Gasteiger partial charge in [-0.05, 0) is 38.1 Å². The molecule has 0 fully saturated rings. The Morgan fingerprint density at radius 2 is 1.57 bits per heavy atom. The van der Waals surface area contributed by atoms with E-state index in [0.29, 0.717) is 0 Å². The molecular formula is C18H20N2O2S. The molecule has 0 aromatic heterocycles. The van der Waals surface area contributed by atoms with Gasteiger partial charge in [-0.3, -0.25) is 9.59 Å². The Kier molecular flexibility index (Phi) is 6.23. The number of hydrogen-bond acceptors (Lipinski definition) is 3. The third-order valence-corrected chi connectivity index (χ3v) is 4.35. The lowest BCUT2D eigenvalue weighted by atomic mass is 10.2. The van der Waals surface area contributed by atoms with Crippen LogP contribution in [-0.2, 0) is 9.59 Å². The van der Waals surface area contributed by atoms with Crippen molar-refractivity contribution in [2.75, 3.05) is 16.4 Å². The highest BCUT2D eigenvalue weighted by molar-refractivity contribution is 8.01. The van der Waals surface area contributed by atoms with Gasteiger partial charge in [0.2, 0.25) is 11.8 Å². The summed E-state index contributed by atoms with van der Waals surface area (Å²) < 4.78 is 0. The molecular weight excluding hydrogens is 308 g/mol. The number of benzene rings is 2.